The fourth-order valence-electron chi connectivity index (χ4n) is 3.16. The summed E-state index contributed by atoms with van der Waals surface area (Å²) in [6.07, 6.45) is 1.65. The van der Waals surface area contributed by atoms with Crippen LogP contribution in [-0.2, 0) is 4.79 Å². The number of carboxylic acid groups (broad SMARTS) is 1. The van der Waals surface area contributed by atoms with Crippen LogP contribution in [0.3, 0.4) is 0 Å². The zero-order valence-electron chi connectivity index (χ0n) is 16.4. The molecule has 0 atom stereocenters. The number of methoxy groups -OCH3 is 1. The van der Waals surface area contributed by atoms with Gasteiger partial charge >= 0.3 is 5.97 Å². The molecule has 0 aliphatic carbocycles. The quantitative estimate of drug-likeness (QED) is 0.526. The molecule has 0 spiro atoms. The molecule has 7 heteroatoms. The summed E-state index contributed by atoms with van der Waals surface area (Å²) >= 11 is 3.42. The predicted molar refractivity (Wildman–Crippen MR) is 123 cm³/mol. The SMILES string of the molecule is COc1ccc(C2=N/C(=C/c3ccc(C(=O)O)cc3)C(=O)N2c2ccc(Br)cc2)cc1. The zero-order valence-corrected chi connectivity index (χ0v) is 18.0. The molecule has 6 nitrogen and oxygen atoms in total. The van der Waals surface area contributed by atoms with E-state index in [0.717, 1.165) is 10.0 Å². The lowest BCUT2D eigenvalue weighted by atomic mass is 10.1. The molecule has 31 heavy (non-hydrogen) atoms. The standard InChI is InChI=1S/C24H17BrN2O4/c1-31-20-12-6-16(7-13-20)22-26-21(14-15-2-4-17(5-3-15)24(29)30)23(28)27(22)19-10-8-18(25)9-11-19/h2-14H,1H3,(H,29,30)/b21-14+. The first-order valence-corrected chi connectivity index (χ1v) is 10.1. The minimum atomic E-state index is -1.00. The summed E-state index contributed by atoms with van der Waals surface area (Å²) in [4.78, 5) is 30.5. The average molecular weight is 477 g/mol. The lowest BCUT2D eigenvalue weighted by Gasteiger charge is -2.18. The van der Waals surface area contributed by atoms with Crippen LogP contribution >= 0.6 is 15.9 Å². The van der Waals surface area contributed by atoms with Crippen molar-refractivity contribution in [3.05, 3.63) is 99.7 Å². The molecule has 1 amide bonds. The molecule has 3 aromatic rings. The van der Waals surface area contributed by atoms with E-state index in [2.05, 4.69) is 20.9 Å². The molecule has 1 N–H and O–H groups in total. The second-order valence-corrected chi connectivity index (χ2v) is 7.65. The van der Waals surface area contributed by atoms with Gasteiger partial charge in [-0.2, -0.15) is 0 Å². The molecule has 0 aromatic heterocycles. The maximum atomic E-state index is 13.3. The number of anilines is 1. The number of hydrogen-bond donors (Lipinski definition) is 1. The van der Waals surface area contributed by atoms with E-state index in [4.69, 9.17) is 9.84 Å². The molecule has 1 aliphatic heterocycles. The van der Waals surface area contributed by atoms with Crippen LogP contribution in [0.1, 0.15) is 21.5 Å². The van der Waals surface area contributed by atoms with Gasteiger partial charge in [0.05, 0.1) is 18.4 Å². The number of amidine groups is 1. The van der Waals surface area contributed by atoms with E-state index >= 15 is 0 Å². The van der Waals surface area contributed by atoms with E-state index in [9.17, 15) is 9.59 Å². The maximum Gasteiger partial charge on any atom is 0.335 e. The first-order chi connectivity index (χ1) is 15.0. The number of halogens is 1. The molecular formula is C24H17BrN2O4. The van der Waals surface area contributed by atoms with Gasteiger partial charge in [-0.25, -0.2) is 9.79 Å². The number of carbonyl (C=O) groups excluding carboxylic acids is 1. The maximum absolute atomic E-state index is 13.3. The Bertz CT molecular complexity index is 1200. The van der Waals surface area contributed by atoms with Crippen molar-refractivity contribution in [2.24, 2.45) is 4.99 Å². The Balaban J connectivity index is 1.77. The van der Waals surface area contributed by atoms with E-state index in [1.165, 1.54) is 12.1 Å². The first kappa shape index (κ1) is 20.6. The highest BCUT2D eigenvalue weighted by molar-refractivity contribution is 9.10. The highest BCUT2D eigenvalue weighted by Gasteiger charge is 2.32. The number of nitrogens with zero attached hydrogens (tertiary/aromatic N) is 2. The molecule has 0 radical (unpaired) electrons. The summed E-state index contributed by atoms with van der Waals surface area (Å²) in [5.41, 5.74) is 2.58. The average Bonchev–Trinajstić information content (AvgIpc) is 3.10. The highest BCUT2D eigenvalue weighted by atomic mass is 79.9. The van der Waals surface area contributed by atoms with Crippen LogP contribution in [0.25, 0.3) is 6.08 Å². The second-order valence-electron chi connectivity index (χ2n) is 6.74. The van der Waals surface area contributed by atoms with E-state index < -0.39 is 5.97 Å². The third kappa shape index (κ3) is 4.27. The Morgan fingerprint density at radius 1 is 1.00 bits per heavy atom. The summed E-state index contributed by atoms with van der Waals surface area (Å²) in [7, 11) is 1.59. The lowest BCUT2D eigenvalue weighted by Crippen LogP contribution is -2.32. The van der Waals surface area contributed by atoms with Crippen molar-refractivity contribution >= 4 is 45.4 Å². The van der Waals surface area contributed by atoms with E-state index in [0.29, 0.717) is 22.8 Å². The van der Waals surface area contributed by atoms with Crippen LogP contribution in [0.5, 0.6) is 5.75 Å². The fourth-order valence-corrected chi connectivity index (χ4v) is 3.42. The Morgan fingerprint density at radius 2 is 1.65 bits per heavy atom. The number of amides is 1. The summed E-state index contributed by atoms with van der Waals surface area (Å²) in [6.45, 7) is 0. The largest absolute Gasteiger partial charge is 0.497 e. The van der Waals surface area contributed by atoms with E-state index in [-0.39, 0.29) is 17.2 Å². The van der Waals surface area contributed by atoms with Crippen molar-refractivity contribution in [3.63, 3.8) is 0 Å². The minimum Gasteiger partial charge on any atom is -0.497 e. The van der Waals surface area contributed by atoms with Crippen molar-refractivity contribution in [1.29, 1.82) is 0 Å². The summed E-state index contributed by atoms with van der Waals surface area (Å²) in [6, 6.07) is 21.0. The van der Waals surface area contributed by atoms with E-state index in [1.54, 1.807) is 30.2 Å². The van der Waals surface area contributed by atoms with Crippen LogP contribution in [0, 0.1) is 0 Å². The molecule has 154 valence electrons. The van der Waals surface area contributed by atoms with E-state index in [1.807, 2.05) is 48.5 Å². The molecule has 0 unspecified atom stereocenters. The number of benzene rings is 3. The summed E-state index contributed by atoms with van der Waals surface area (Å²) in [5.74, 6) is -0.0608. The highest BCUT2D eigenvalue weighted by Crippen LogP contribution is 2.29. The van der Waals surface area contributed by atoms with Gasteiger partial charge in [0.1, 0.15) is 17.3 Å². The summed E-state index contributed by atoms with van der Waals surface area (Å²) in [5, 5.41) is 9.07. The van der Waals surface area contributed by atoms with Crippen molar-refractivity contribution in [1.82, 2.24) is 0 Å². The van der Waals surface area contributed by atoms with Gasteiger partial charge in [0.15, 0.2) is 0 Å². The number of aliphatic imine (C=N–C) groups is 1. The monoisotopic (exact) mass is 476 g/mol. The van der Waals surface area contributed by atoms with Crippen molar-refractivity contribution in [2.75, 3.05) is 12.0 Å². The smallest absolute Gasteiger partial charge is 0.335 e. The molecule has 0 bridgehead atoms. The summed E-state index contributed by atoms with van der Waals surface area (Å²) < 4.78 is 6.13. The molecule has 3 aromatic carbocycles. The molecule has 0 fully saturated rings. The normalized spacial score (nSPS) is 14.6. The fraction of sp³-hybridized carbons (Fsp3) is 0.0417. The van der Waals surface area contributed by atoms with Crippen molar-refractivity contribution < 1.29 is 19.4 Å². The molecule has 1 aliphatic rings. The Hall–Kier alpha value is -3.71. The molecule has 1 heterocycles. The van der Waals surface area contributed by atoms with Crippen molar-refractivity contribution in [2.45, 2.75) is 0 Å². The lowest BCUT2D eigenvalue weighted by molar-refractivity contribution is -0.113. The number of rotatable bonds is 5. The first-order valence-electron chi connectivity index (χ1n) is 9.34. The van der Waals surface area contributed by atoms with Gasteiger partial charge in [-0.3, -0.25) is 9.69 Å². The number of ether oxygens (including phenoxy) is 1. The molecule has 0 saturated carbocycles. The number of carboxylic acids is 1. The van der Waals surface area contributed by atoms with Gasteiger partial charge in [0, 0.05) is 10.0 Å². The third-order valence-corrected chi connectivity index (χ3v) is 5.28. The third-order valence-electron chi connectivity index (χ3n) is 4.75. The zero-order chi connectivity index (χ0) is 22.0. The molecular weight excluding hydrogens is 460 g/mol. The predicted octanol–water partition coefficient (Wildman–Crippen LogP) is 4.99. The molecule has 0 saturated heterocycles. The topological polar surface area (TPSA) is 79.2 Å². The van der Waals surface area contributed by atoms with Crippen LogP contribution in [0.2, 0.25) is 0 Å². The van der Waals surface area contributed by atoms with Crippen LogP contribution in [0.4, 0.5) is 5.69 Å². The Labute approximate surface area is 187 Å². The van der Waals surface area contributed by atoms with Gasteiger partial charge < -0.3 is 9.84 Å². The Kier molecular flexibility index (Phi) is 5.68. The van der Waals surface area contributed by atoms with Crippen LogP contribution in [0.15, 0.2) is 88.0 Å². The Morgan fingerprint density at radius 3 is 2.23 bits per heavy atom. The number of aromatic carboxylic acids is 1. The molecule has 4 rings (SSSR count). The van der Waals surface area contributed by atoms with Crippen molar-refractivity contribution in [3.8, 4) is 5.75 Å². The van der Waals surface area contributed by atoms with Gasteiger partial charge in [-0.05, 0) is 72.3 Å². The number of carbonyl (C=O) groups is 2. The van der Waals surface area contributed by atoms with Gasteiger partial charge in [0.2, 0.25) is 0 Å². The van der Waals surface area contributed by atoms with Gasteiger partial charge in [0.25, 0.3) is 5.91 Å². The van der Waals surface area contributed by atoms with Crippen LogP contribution in [-0.4, -0.2) is 29.9 Å². The van der Waals surface area contributed by atoms with Crippen LogP contribution < -0.4 is 9.64 Å². The minimum absolute atomic E-state index is 0.179. The number of hydrogen-bond acceptors (Lipinski definition) is 4. The van der Waals surface area contributed by atoms with Gasteiger partial charge in [-0.15, -0.1) is 0 Å². The van der Waals surface area contributed by atoms with Gasteiger partial charge in [-0.1, -0.05) is 28.1 Å². The second kappa shape index (κ2) is 8.57.